The fourth-order valence-electron chi connectivity index (χ4n) is 2.79. The number of carbonyl (C=O) groups excluding carboxylic acids is 1. The molecule has 4 heteroatoms. The van der Waals surface area contributed by atoms with Gasteiger partial charge in [-0.25, -0.2) is 0 Å². The minimum atomic E-state index is -0.536. The third-order valence-corrected chi connectivity index (χ3v) is 4.23. The molecule has 0 heterocycles. The maximum Gasteiger partial charge on any atom is 0.263 e. The summed E-state index contributed by atoms with van der Waals surface area (Å²) >= 11 is 0. The number of nitrogens with zero attached hydrogens (tertiary/aromatic N) is 2. The Hall–Kier alpha value is -2.80. The highest BCUT2D eigenvalue weighted by atomic mass is 16.5. The normalized spacial score (nSPS) is 11.4. The maximum atomic E-state index is 13.0. The summed E-state index contributed by atoms with van der Waals surface area (Å²) in [5.41, 5.74) is 2.27. The molecule has 136 valence electrons. The lowest BCUT2D eigenvalue weighted by Crippen LogP contribution is -2.43. The molecule has 0 saturated carbocycles. The molecule has 1 atom stereocenters. The summed E-state index contributed by atoms with van der Waals surface area (Å²) < 4.78 is 5.95. The van der Waals surface area contributed by atoms with Crippen LogP contribution in [0.3, 0.4) is 0 Å². The summed E-state index contributed by atoms with van der Waals surface area (Å²) in [6, 6.07) is 19.9. The summed E-state index contributed by atoms with van der Waals surface area (Å²) in [5.74, 6) is 0.647. The van der Waals surface area contributed by atoms with E-state index in [2.05, 4.69) is 6.07 Å². The molecule has 2 aromatic carbocycles. The van der Waals surface area contributed by atoms with Crippen molar-refractivity contribution >= 4 is 5.91 Å². The van der Waals surface area contributed by atoms with Gasteiger partial charge in [0.1, 0.15) is 5.75 Å². The molecule has 2 aromatic rings. The van der Waals surface area contributed by atoms with E-state index in [0.29, 0.717) is 31.7 Å². The van der Waals surface area contributed by atoms with Gasteiger partial charge in [-0.05, 0) is 43.0 Å². The van der Waals surface area contributed by atoms with Crippen LogP contribution in [-0.2, 0) is 11.2 Å². The van der Waals surface area contributed by atoms with Gasteiger partial charge in [0.2, 0.25) is 0 Å². The molecule has 2 rings (SSSR count). The molecule has 0 aliphatic carbocycles. The number of hydrogen-bond donors (Lipinski definition) is 0. The van der Waals surface area contributed by atoms with Gasteiger partial charge in [-0.1, -0.05) is 49.4 Å². The third-order valence-electron chi connectivity index (χ3n) is 4.23. The van der Waals surface area contributed by atoms with E-state index < -0.39 is 6.10 Å². The van der Waals surface area contributed by atoms with E-state index in [1.54, 1.807) is 4.90 Å². The number of rotatable bonds is 9. The van der Waals surface area contributed by atoms with E-state index >= 15 is 0 Å². The van der Waals surface area contributed by atoms with Crippen molar-refractivity contribution in [2.75, 3.05) is 13.1 Å². The predicted octanol–water partition coefficient (Wildman–Crippen LogP) is 4.14. The number of ether oxygens (including phenoxy) is 1. The van der Waals surface area contributed by atoms with Gasteiger partial charge in [0, 0.05) is 13.1 Å². The lowest BCUT2D eigenvalue weighted by molar-refractivity contribution is -0.138. The second kappa shape index (κ2) is 10.2. The Morgan fingerprint density at radius 3 is 2.58 bits per heavy atom. The molecule has 0 saturated heterocycles. The molecule has 4 nitrogen and oxygen atoms in total. The Labute approximate surface area is 156 Å². The number of nitriles is 1. The molecular formula is C22H26N2O2. The van der Waals surface area contributed by atoms with Crippen molar-refractivity contribution < 1.29 is 9.53 Å². The second-order valence-electron chi connectivity index (χ2n) is 6.30. The van der Waals surface area contributed by atoms with Crippen LogP contribution in [-0.4, -0.2) is 30.0 Å². The first-order chi connectivity index (χ1) is 12.6. The molecule has 1 unspecified atom stereocenters. The number of hydrogen-bond acceptors (Lipinski definition) is 3. The van der Waals surface area contributed by atoms with Crippen molar-refractivity contribution in [3.63, 3.8) is 0 Å². The van der Waals surface area contributed by atoms with Crippen LogP contribution in [0.25, 0.3) is 0 Å². The molecule has 0 aliphatic heterocycles. The van der Waals surface area contributed by atoms with Crippen molar-refractivity contribution in [1.29, 1.82) is 5.26 Å². The number of carbonyl (C=O) groups is 1. The lowest BCUT2D eigenvalue weighted by atomic mass is 10.1. The van der Waals surface area contributed by atoms with E-state index in [0.717, 1.165) is 12.0 Å². The summed E-state index contributed by atoms with van der Waals surface area (Å²) in [4.78, 5) is 14.7. The largest absolute Gasteiger partial charge is 0.481 e. The van der Waals surface area contributed by atoms with E-state index in [1.807, 2.05) is 68.4 Å². The van der Waals surface area contributed by atoms with Crippen LogP contribution in [0.2, 0.25) is 0 Å². The van der Waals surface area contributed by atoms with Gasteiger partial charge in [0.25, 0.3) is 5.91 Å². The van der Waals surface area contributed by atoms with Crippen LogP contribution in [0.4, 0.5) is 0 Å². The van der Waals surface area contributed by atoms with Crippen LogP contribution in [0.1, 0.15) is 30.9 Å². The third kappa shape index (κ3) is 5.93. The van der Waals surface area contributed by atoms with Gasteiger partial charge < -0.3 is 9.64 Å². The van der Waals surface area contributed by atoms with E-state index in [4.69, 9.17) is 10.00 Å². The van der Waals surface area contributed by atoms with Crippen LogP contribution in [0.5, 0.6) is 5.75 Å². The van der Waals surface area contributed by atoms with Gasteiger partial charge in [0.05, 0.1) is 12.5 Å². The molecule has 1 amide bonds. The van der Waals surface area contributed by atoms with Crippen LogP contribution < -0.4 is 4.74 Å². The Kier molecular flexibility index (Phi) is 7.70. The molecule has 0 radical (unpaired) electrons. The standard InChI is InChI=1S/C22H26N2O2/c1-3-21(26-20-12-7-9-18(2)17-20)22(25)24(15-8-14-23)16-13-19-10-5-4-6-11-19/h4-7,9-12,17,21H,3,8,13,15-16H2,1-2H3. The first-order valence-electron chi connectivity index (χ1n) is 9.07. The highest BCUT2D eigenvalue weighted by Gasteiger charge is 2.24. The smallest absolute Gasteiger partial charge is 0.263 e. The minimum absolute atomic E-state index is 0.0554. The SMILES string of the molecule is CCC(Oc1cccc(C)c1)C(=O)N(CCC#N)CCc1ccccc1. The molecule has 26 heavy (non-hydrogen) atoms. The summed E-state index contributed by atoms with van der Waals surface area (Å²) in [5, 5.41) is 8.92. The van der Waals surface area contributed by atoms with Crippen LogP contribution in [0, 0.1) is 18.3 Å². The molecule has 0 aromatic heterocycles. The number of aryl methyl sites for hydroxylation is 1. The van der Waals surface area contributed by atoms with E-state index in [-0.39, 0.29) is 5.91 Å². The van der Waals surface area contributed by atoms with Gasteiger partial charge in [-0.2, -0.15) is 5.26 Å². The monoisotopic (exact) mass is 350 g/mol. The van der Waals surface area contributed by atoms with Gasteiger partial charge in [0.15, 0.2) is 6.10 Å². The summed E-state index contributed by atoms with van der Waals surface area (Å²) in [6.45, 7) is 4.95. The molecule has 0 aliphatic rings. The zero-order valence-electron chi connectivity index (χ0n) is 15.5. The highest BCUT2D eigenvalue weighted by Crippen LogP contribution is 2.17. The van der Waals surface area contributed by atoms with Crippen molar-refractivity contribution in [1.82, 2.24) is 4.90 Å². The minimum Gasteiger partial charge on any atom is -0.481 e. The summed E-state index contributed by atoms with van der Waals surface area (Å²) in [7, 11) is 0. The number of amides is 1. The average Bonchev–Trinajstić information content (AvgIpc) is 2.66. The van der Waals surface area contributed by atoms with E-state index in [9.17, 15) is 4.79 Å². The van der Waals surface area contributed by atoms with Crippen LogP contribution >= 0.6 is 0 Å². The van der Waals surface area contributed by atoms with Crippen molar-refractivity contribution in [2.24, 2.45) is 0 Å². The topological polar surface area (TPSA) is 53.3 Å². The predicted molar refractivity (Wildman–Crippen MR) is 103 cm³/mol. The average molecular weight is 350 g/mol. The molecule has 0 N–H and O–H groups in total. The Balaban J connectivity index is 2.05. The fourth-order valence-corrected chi connectivity index (χ4v) is 2.79. The van der Waals surface area contributed by atoms with E-state index in [1.165, 1.54) is 5.56 Å². The van der Waals surface area contributed by atoms with Gasteiger partial charge in [-0.15, -0.1) is 0 Å². The van der Waals surface area contributed by atoms with Crippen molar-refractivity contribution in [3.8, 4) is 11.8 Å². The molecule has 0 bridgehead atoms. The number of benzene rings is 2. The summed E-state index contributed by atoms with van der Waals surface area (Å²) in [6.07, 6.45) is 1.13. The van der Waals surface area contributed by atoms with Crippen LogP contribution in [0.15, 0.2) is 54.6 Å². The zero-order valence-corrected chi connectivity index (χ0v) is 15.5. The molecule has 0 fully saturated rings. The van der Waals surface area contributed by atoms with Gasteiger partial charge >= 0.3 is 0 Å². The Morgan fingerprint density at radius 1 is 1.15 bits per heavy atom. The second-order valence-corrected chi connectivity index (χ2v) is 6.30. The maximum absolute atomic E-state index is 13.0. The quantitative estimate of drug-likeness (QED) is 0.683. The molecular weight excluding hydrogens is 324 g/mol. The Morgan fingerprint density at radius 2 is 1.92 bits per heavy atom. The van der Waals surface area contributed by atoms with Gasteiger partial charge in [-0.3, -0.25) is 4.79 Å². The Bertz CT molecular complexity index is 737. The van der Waals surface area contributed by atoms with Crippen molar-refractivity contribution in [2.45, 2.75) is 39.2 Å². The zero-order chi connectivity index (χ0) is 18.8. The first kappa shape index (κ1) is 19.5. The lowest BCUT2D eigenvalue weighted by Gasteiger charge is -2.27. The fraction of sp³-hybridized carbons (Fsp3) is 0.364. The van der Waals surface area contributed by atoms with Crippen molar-refractivity contribution in [3.05, 3.63) is 65.7 Å². The highest BCUT2D eigenvalue weighted by molar-refractivity contribution is 5.81. The first-order valence-corrected chi connectivity index (χ1v) is 9.07. The molecule has 0 spiro atoms.